The van der Waals surface area contributed by atoms with Crippen LogP contribution in [0, 0.1) is 0 Å². The number of nitrogens with zero attached hydrogens (tertiary/aromatic N) is 3. The number of benzene rings is 8. The van der Waals surface area contributed by atoms with Crippen molar-refractivity contribution in [2.75, 3.05) is 0 Å². The maximum atomic E-state index is 5.46. The Morgan fingerprint density at radius 2 is 0.800 bits per heavy atom. The zero-order valence-corrected chi connectivity index (χ0v) is 27.1. The van der Waals surface area contributed by atoms with Crippen LogP contribution in [0.2, 0.25) is 0 Å². The Morgan fingerprint density at radius 3 is 1.40 bits per heavy atom. The molecule has 0 aliphatic rings. The second-order valence-corrected chi connectivity index (χ2v) is 12.7. The first-order valence-electron chi connectivity index (χ1n) is 17.0. The summed E-state index contributed by atoms with van der Waals surface area (Å²) in [4.78, 5) is 16.1. The lowest BCUT2D eigenvalue weighted by atomic mass is 9.87. The molecule has 0 aliphatic carbocycles. The monoisotopic (exact) mass is 635 g/mol. The molecule has 10 aromatic rings. The van der Waals surface area contributed by atoms with Gasteiger partial charge in [0.1, 0.15) is 0 Å². The van der Waals surface area contributed by atoms with Crippen molar-refractivity contribution in [1.82, 2.24) is 15.0 Å². The van der Waals surface area contributed by atoms with Crippen LogP contribution < -0.4 is 0 Å². The zero-order chi connectivity index (χ0) is 33.0. The molecular weight excluding hydrogens is 607 g/mol. The van der Waals surface area contributed by atoms with Crippen LogP contribution in [0.15, 0.2) is 176 Å². The summed E-state index contributed by atoms with van der Waals surface area (Å²) in [6.45, 7) is 0. The van der Waals surface area contributed by atoms with Crippen LogP contribution in [0.5, 0.6) is 0 Å². The van der Waals surface area contributed by atoms with E-state index in [9.17, 15) is 0 Å². The number of para-hydroxylation sites is 1. The highest BCUT2D eigenvalue weighted by Gasteiger charge is 2.22. The minimum Gasteiger partial charge on any atom is -0.247 e. The van der Waals surface area contributed by atoms with Gasteiger partial charge in [-0.2, -0.15) is 0 Å². The molecule has 50 heavy (non-hydrogen) atoms. The largest absolute Gasteiger partial charge is 0.247 e. The fourth-order valence-corrected chi connectivity index (χ4v) is 7.61. The Labute approximate surface area is 289 Å². The molecule has 0 N–H and O–H groups in total. The number of hydrogen-bond donors (Lipinski definition) is 0. The minimum atomic E-state index is 0.700. The highest BCUT2D eigenvalue weighted by molar-refractivity contribution is 6.27. The summed E-state index contributed by atoms with van der Waals surface area (Å²) in [7, 11) is 0. The van der Waals surface area contributed by atoms with Gasteiger partial charge in [-0.3, -0.25) is 0 Å². The van der Waals surface area contributed by atoms with Crippen molar-refractivity contribution in [3.8, 4) is 45.2 Å². The van der Waals surface area contributed by atoms with Gasteiger partial charge in [-0.1, -0.05) is 164 Å². The van der Waals surface area contributed by atoms with Crippen molar-refractivity contribution in [3.63, 3.8) is 0 Å². The third-order valence-electron chi connectivity index (χ3n) is 9.85. The van der Waals surface area contributed by atoms with Crippen molar-refractivity contribution in [2.45, 2.75) is 0 Å². The van der Waals surface area contributed by atoms with Crippen LogP contribution in [0.1, 0.15) is 0 Å². The predicted octanol–water partition coefficient (Wildman–Crippen LogP) is 12.3. The van der Waals surface area contributed by atoms with Crippen molar-refractivity contribution < 1.29 is 0 Å². The van der Waals surface area contributed by atoms with Gasteiger partial charge in [0.05, 0.1) is 22.6 Å². The molecule has 0 amide bonds. The lowest BCUT2D eigenvalue weighted by Gasteiger charge is -2.19. The maximum Gasteiger partial charge on any atom is 0.161 e. The Bertz CT molecular complexity index is 2780. The third kappa shape index (κ3) is 4.48. The molecule has 0 spiro atoms. The normalized spacial score (nSPS) is 11.6. The Hall–Kier alpha value is -6.71. The van der Waals surface area contributed by atoms with E-state index in [0.717, 1.165) is 77.2 Å². The van der Waals surface area contributed by atoms with E-state index >= 15 is 0 Å². The van der Waals surface area contributed by atoms with Crippen LogP contribution >= 0.6 is 0 Å². The number of aromatic nitrogens is 3. The van der Waals surface area contributed by atoms with Gasteiger partial charge >= 0.3 is 0 Å². The molecule has 0 radical (unpaired) electrons. The van der Waals surface area contributed by atoms with Crippen molar-refractivity contribution in [3.05, 3.63) is 176 Å². The van der Waals surface area contributed by atoms with Gasteiger partial charge in [0, 0.05) is 38.4 Å². The van der Waals surface area contributed by atoms with E-state index in [1.165, 1.54) is 16.2 Å². The number of hydrogen-bond acceptors (Lipinski definition) is 3. The van der Waals surface area contributed by atoms with Gasteiger partial charge in [-0.05, 0) is 44.5 Å². The third-order valence-corrected chi connectivity index (χ3v) is 9.85. The van der Waals surface area contributed by atoms with Gasteiger partial charge in [0.15, 0.2) is 5.82 Å². The van der Waals surface area contributed by atoms with E-state index < -0.39 is 0 Å². The molecule has 232 valence electrons. The van der Waals surface area contributed by atoms with Crippen LogP contribution in [0.25, 0.3) is 99.2 Å². The van der Waals surface area contributed by atoms with Gasteiger partial charge in [-0.15, -0.1) is 0 Å². The summed E-state index contributed by atoms with van der Waals surface area (Å²) >= 11 is 0. The summed E-state index contributed by atoms with van der Waals surface area (Å²) in [5, 5.41) is 10.4. The molecule has 0 unspecified atom stereocenters. The van der Waals surface area contributed by atoms with Gasteiger partial charge in [0.25, 0.3) is 0 Å². The minimum absolute atomic E-state index is 0.700. The quantitative estimate of drug-likeness (QED) is 0.143. The molecule has 0 saturated heterocycles. The molecule has 3 nitrogen and oxygen atoms in total. The highest BCUT2D eigenvalue weighted by Crippen LogP contribution is 2.46. The zero-order valence-electron chi connectivity index (χ0n) is 27.1. The van der Waals surface area contributed by atoms with E-state index in [4.69, 9.17) is 15.0 Å². The number of fused-ring (bicyclic) bond motifs is 7. The van der Waals surface area contributed by atoms with Crippen LogP contribution in [0.3, 0.4) is 0 Å². The first-order chi connectivity index (χ1) is 24.8. The molecule has 3 heteroatoms. The summed E-state index contributed by atoms with van der Waals surface area (Å²) in [6, 6.07) is 61.9. The maximum absolute atomic E-state index is 5.46. The topological polar surface area (TPSA) is 38.7 Å². The highest BCUT2D eigenvalue weighted by atomic mass is 14.9. The standard InChI is InChI=1S/C47H29N3/c1-3-16-31(17-4-1)41-29-42(32-18-5-2-6-19-32)50-47(49-41)45-36-23-11-9-21-34(36)44(35-22-10-12-24-37(35)45)46-39-28-27-30-15-7-8-20-33(30)43(39)38-25-13-14-26-40(38)48-46/h1-29H. The summed E-state index contributed by atoms with van der Waals surface area (Å²) < 4.78 is 0. The van der Waals surface area contributed by atoms with Crippen molar-refractivity contribution in [2.24, 2.45) is 0 Å². The van der Waals surface area contributed by atoms with E-state index in [-0.39, 0.29) is 0 Å². The smallest absolute Gasteiger partial charge is 0.161 e. The van der Waals surface area contributed by atoms with Crippen molar-refractivity contribution in [1.29, 1.82) is 0 Å². The van der Waals surface area contributed by atoms with Crippen LogP contribution in [0.4, 0.5) is 0 Å². The Balaban J connectivity index is 1.34. The SMILES string of the molecule is c1ccc(-c2cc(-c3ccccc3)nc(-c3c4ccccc4c(-c4nc5ccccc5c5c4ccc4ccccc45)c4ccccc34)n2)cc1. The first kappa shape index (κ1) is 28.3. The first-order valence-corrected chi connectivity index (χ1v) is 17.0. The summed E-state index contributed by atoms with van der Waals surface area (Å²) in [6.07, 6.45) is 0. The molecule has 0 fully saturated rings. The van der Waals surface area contributed by atoms with E-state index in [2.05, 4.69) is 164 Å². The lowest BCUT2D eigenvalue weighted by molar-refractivity contribution is 1.19. The van der Waals surface area contributed by atoms with E-state index in [1.54, 1.807) is 0 Å². The fraction of sp³-hybridized carbons (Fsp3) is 0. The molecule has 0 aliphatic heterocycles. The Kier molecular flexibility index (Phi) is 6.49. The Morgan fingerprint density at radius 1 is 0.320 bits per heavy atom. The molecule has 2 heterocycles. The van der Waals surface area contributed by atoms with Gasteiger partial charge in [-0.25, -0.2) is 15.0 Å². The molecule has 10 rings (SSSR count). The number of rotatable bonds is 4. The fourth-order valence-electron chi connectivity index (χ4n) is 7.61. The number of pyridine rings is 1. The second-order valence-electron chi connectivity index (χ2n) is 12.7. The van der Waals surface area contributed by atoms with Gasteiger partial charge < -0.3 is 0 Å². The lowest BCUT2D eigenvalue weighted by Crippen LogP contribution is -1.99. The molecule has 0 atom stereocenters. The molecule has 2 aromatic heterocycles. The second kappa shape index (κ2) is 11.5. The molecular formula is C47H29N3. The van der Waals surface area contributed by atoms with Crippen LogP contribution in [-0.2, 0) is 0 Å². The van der Waals surface area contributed by atoms with Gasteiger partial charge in [0.2, 0.25) is 0 Å². The average Bonchev–Trinajstić information content (AvgIpc) is 3.20. The van der Waals surface area contributed by atoms with Crippen LogP contribution in [-0.4, -0.2) is 15.0 Å². The molecule has 8 aromatic carbocycles. The predicted molar refractivity (Wildman–Crippen MR) is 209 cm³/mol. The molecule has 0 saturated carbocycles. The van der Waals surface area contributed by atoms with E-state index in [0.29, 0.717) is 5.82 Å². The molecule has 0 bridgehead atoms. The summed E-state index contributed by atoms with van der Waals surface area (Å²) in [5.41, 5.74) is 7.98. The summed E-state index contributed by atoms with van der Waals surface area (Å²) in [5.74, 6) is 0.700. The van der Waals surface area contributed by atoms with E-state index in [1.807, 2.05) is 12.1 Å². The average molecular weight is 636 g/mol. The van der Waals surface area contributed by atoms with Crippen molar-refractivity contribution >= 4 is 54.0 Å².